The quantitative estimate of drug-likeness (QED) is 0.542. The molecule has 4 rings (SSSR count). The molecule has 1 fully saturated rings. The lowest BCUT2D eigenvalue weighted by molar-refractivity contribution is 0.102. The van der Waals surface area contributed by atoms with Gasteiger partial charge in [0.05, 0.1) is 5.56 Å². The number of carbonyl (C=O) groups excluding carboxylic acids is 1. The number of aromatic nitrogens is 3. The summed E-state index contributed by atoms with van der Waals surface area (Å²) >= 11 is 0. The van der Waals surface area contributed by atoms with Crippen molar-refractivity contribution in [3.8, 4) is 0 Å². The zero-order valence-electron chi connectivity index (χ0n) is 17.9. The van der Waals surface area contributed by atoms with E-state index in [1.165, 1.54) is 5.69 Å². The first kappa shape index (κ1) is 25.4. The van der Waals surface area contributed by atoms with Gasteiger partial charge in [-0.3, -0.25) is 9.78 Å². The van der Waals surface area contributed by atoms with Gasteiger partial charge < -0.3 is 15.5 Å². The molecular formula is C23H28Cl2N6O. The van der Waals surface area contributed by atoms with Gasteiger partial charge in [0.15, 0.2) is 0 Å². The Hall–Kier alpha value is -2.90. The van der Waals surface area contributed by atoms with Crippen molar-refractivity contribution in [2.24, 2.45) is 5.92 Å². The third kappa shape index (κ3) is 6.55. The van der Waals surface area contributed by atoms with Crippen LogP contribution in [0.3, 0.4) is 0 Å². The highest BCUT2D eigenvalue weighted by Crippen LogP contribution is 2.23. The van der Waals surface area contributed by atoms with Gasteiger partial charge in [0.2, 0.25) is 0 Å². The van der Waals surface area contributed by atoms with Crippen LogP contribution in [0.5, 0.6) is 0 Å². The molecule has 3 aromatic rings. The molecular weight excluding hydrogens is 447 g/mol. The Morgan fingerprint density at radius 3 is 2.47 bits per heavy atom. The van der Waals surface area contributed by atoms with E-state index in [4.69, 9.17) is 0 Å². The van der Waals surface area contributed by atoms with E-state index < -0.39 is 0 Å². The summed E-state index contributed by atoms with van der Waals surface area (Å²) in [6, 6.07) is 11.4. The van der Waals surface area contributed by atoms with E-state index in [9.17, 15) is 4.79 Å². The van der Waals surface area contributed by atoms with Crippen LogP contribution in [0.1, 0.15) is 28.8 Å². The van der Waals surface area contributed by atoms with E-state index in [1.807, 2.05) is 25.4 Å². The lowest BCUT2D eigenvalue weighted by Gasteiger charge is -2.33. The zero-order valence-corrected chi connectivity index (χ0v) is 19.5. The van der Waals surface area contributed by atoms with Crippen molar-refractivity contribution in [2.75, 3.05) is 35.2 Å². The number of amides is 1. The Kier molecular flexibility index (Phi) is 9.68. The highest BCUT2D eigenvalue weighted by atomic mass is 35.5. The smallest absolute Gasteiger partial charge is 0.260 e. The molecule has 0 bridgehead atoms. The molecule has 4 heterocycles. The number of carbonyl (C=O) groups is 1. The van der Waals surface area contributed by atoms with Crippen LogP contribution in [0.15, 0.2) is 61.2 Å². The maximum absolute atomic E-state index is 12.7. The fourth-order valence-electron chi connectivity index (χ4n) is 3.65. The topological polar surface area (TPSA) is 83.0 Å². The number of rotatable bonds is 6. The molecule has 3 aromatic heterocycles. The Bertz CT molecular complexity index is 979. The SMILES string of the molecule is Cc1ccc(NC(=O)c2cccnc2NCC2CCN(c3ccncc3)CC2)nc1.Cl.Cl. The molecule has 2 N–H and O–H groups in total. The van der Waals surface area contributed by atoms with Gasteiger partial charge in [-0.25, -0.2) is 9.97 Å². The largest absolute Gasteiger partial charge is 0.371 e. The molecule has 7 nitrogen and oxygen atoms in total. The number of aryl methyl sites for hydroxylation is 1. The van der Waals surface area contributed by atoms with Crippen molar-refractivity contribution in [1.29, 1.82) is 0 Å². The van der Waals surface area contributed by atoms with Crippen LogP contribution in [0.4, 0.5) is 17.3 Å². The number of halogens is 2. The second kappa shape index (κ2) is 12.2. The third-order valence-corrected chi connectivity index (χ3v) is 5.41. The molecule has 0 unspecified atom stereocenters. The first-order valence-corrected chi connectivity index (χ1v) is 10.3. The minimum absolute atomic E-state index is 0. The van der Waals surface area contributed by atoms with Gasteiger partial charge in [-0.05, 0) is 61.6 Å². The molecule has 1 aliphatic heterocycles. The van der Waals surface area contributed by atoms with Gasteiger partial charge in [-0.2, -0.15) is 0 Å². The van der Waals surface area contributed by atoms with Crippen molar-refractivity contribution in [3.63, 3.8) is 0 Å². The molecule has 1 saturated heterocycles. The van der Waals surface area contributed by atoms with Gasteiger partial charge in [-0.1, -0.05) is 6.07 Å². The van der Waals surface area contributed by atoms with Crippen molar-refractivity contribution >= 4 is 48.0 Å². The molecule has 32 heavy (non-hydrogen) atoms. The second-order valence-electron chi connectivity index (χ2n) is 7.59. The predicted octanol–water partition coefficient (Wildman–Crippen LogP) is 4.60. The van der Waals surface area contributed by atoms with Crippen LogP contribution in [0, 0.1) is 12.8 Å². The number of piperidine rings is 1. The number of hydrogen-bond acceptors (Lipinski definition) is 6. The Balaban J connectivity index is 0.00000181. The normalized spacial score (nSPS) is 13.5. The maximum Gasteiger partial charge on any atom is 0.260 e. The number of nitrogens with one attached hydrogen (secondary N) is 2. The van der Waals surface area contributed by atoms with Gasteiger partial charge in [0, 0.05) is 50.1 Å². The fourth-order valence-corrected chi connectivity index (χ4v) is 3.65. The monoisotopic (exact) mass is 474 g/mol. The molecule has 0 radical (unpaired) electrons. The Labute approximate surface area is 200 Å². The average Bonchev–Trinajstić information content (AvgIpc) is 2.80. The summed E-state index contributed by atoms with van der Waals surface area (Å²) in [4.78, 5) is 27.9. The summed E-state index contributed by atoms with van der Waals surface area (Å²) < 4.78 is 0. The molecule has 1 aliphatic rings. The highest BCUT2D eigenvalue weighted by molar-refractivity contribution is 6.07. The molecule has 0 spiro atoms. The molecule has 0 atom stereocenters. The summed E-state index contributed by atoms with van der Waals surface area (Å²) in [6.07, 6.45) is 9.30. The predicted molar refractivity (Wildman–Crippen MR) is 133 cm³/mol. The maximum atomic E-state index is 12.7. The minimum Gasteiger partial charge on any atom is -0.371 e. The third-order valence-electron chi connectivity index (χ3n) is 5.41. The van der Waals surface area contributed by atoms with E-state index in [0.717, 1.165) is 38.0 Å². The Morgan fingerprint density at radius 1 is 1.03 bits per heavy atom. The summed E-state index contributed by atoms with van der Waals surface area (Å²) in [5, 5.41) is 6.24. The van der Waals surface area contributed by atoms with E-state index >= 15 is 0 Å². The van der Waals surface area contributed by atoms with Crippen molar-refractivity contribution < 1.29 is 4.79 Å². The van der Waals surface area contributed by atoms with Gasteiger partial charge in [0.25, 0.3) is 5.91 Å². The average molecular weight is 475 g/mol. The van der Waals surface area contributed by atoms with Crippen LogP contribution in [0.25, 0.3) is 0 Å². The van der Waals surface area contributed by atoms with Crippen LogP contribution >= 0.6 is 24.8 Å². The number of pyridine rings is 3. The molecule has 9 heteroatoms. The lowest BCUT2D eigenvalue weighted by atomic mass is 9.96. The van der Waals surface area contributed by atoms with Crippen molar-refractivity contribution in [2.45, 2.75) is 19.8 Å². The van der Waals surface area contributed by atoms with E-state index in [1.54, 1.807) is 30.6 Å². The van der Waals surface area contributed by atoms with Crippen molar-refractivity contribution in [1.82, 2.24) is 15.0 Å². The van der Waals surface area contributed by atoms with Gasteiger partial charge in [0.1, 0.15) is 11.6 Å². The summed E-state index contributed by atoms with van der Waals surface area (Å²) in [5.74, 6) is 1.47. The van der Waals surface area contributed by atoms with Crippen LogP contribution in [-0.4, -0.2) is 40.5 Å². The first-order valence-electron chi connectivity index (χ1n) is 10.3. The number of nitrogens with zero attached hydrogens (tertiary/aromatic N) is 4. The van der Waals surface area contributed by atoms with Crippen LogP contribution in [-0.2, 0) is 0 Å². The molecule has 1 amide bonds. The number of hydrogen-bond donors (Lipinski definition) is 2. The molecule has 0 aromatic carbocycles. The van der Waals surface area contributed by atoms with Crippen molar-refractivity contribution in [3.05, 3.63) is 72.3 Å². The zero-order chi connectivity index (χ0) is 20.8. The molecule has 0 aliphatic carbocycles. The van der Waals surface area contributed by atoms with Gasteiger partial charge >= 0.3 is 0 Å². The van der Waals surface area contributed by atoms with Crippen LogP contribution < -0.4 is 15.5 Å². The lowest BCUT2D eigenvalue weighted by Crippen LogP contribution is -2.36. The first-order chi connectivity index (χ1) is 14.7. The summed E-state index contributed by atoms with van der Waals surface area (Å²) in [7, 11) is 0. The highest BCUT2D eigenvalue weighted by Gasteiger charge is 2.20. The minimum atomic E-state index is -0.213. The number of anilines is 3. The standard InChI is InChI=1S/C23H26N6O.2ClH/c1-17-4-5-21(26-15-17)28-23(30)20-3-2-10-25-22(20)27-16-18-8-13-29(14-9-18)19-6-11-24-12-7-19;;/h2-7,10-12,15,18H,8-9,13-14,16H2,1H3,(H,25,27)(H,26,28,30);2*1H. The Morgan fingerprint density at radius 2 is 1.78 bits per heavy atom. The van der Waals surface area contributed by atoms with Gasteiger partial charge in [-0.15, -0.1) is 24.8 Å². The van der Waals surface area contributed by atoms with E-state index in [2.05, 4.69) is 42.6 Å². The summed E-state index contributed by atoms with van der Waals surface area (Å²) in [6.45, 7) is 4.80. The summed E-state index contributed by atoms with van der Waals surface area (Å²) in [5.41, 5.74) is 2.80. The van der Waals surface area contributed by atoms with E-state index in [0.29, 0.717) is 23.1 Å². The molecule has 0 saturated carbocycles. The molecule has 170 valence electrons. The van der Waals surface area contributed by atoms with Crippen LogP contribution in [0.2, 0.25) is 0 Å². The van der Waals surface area contributed by atoms with E-state index in [-0.39, 0.29) is 30.7 Å². The fraction of sp³-hybridized carbons (Fsp3) is 0.304. The second-order valence-corrected chi connectivity index (χ2v) is 7.59.